The third-order valence-electron chi connectivity index (χ3n) is 3.07. The van der Waals surface area contributed by atoms with E-state index in [1.54, 1.807) is 14.2 Å². The van der Waals surface area contributed by atoms with E-state index in [0.29, 0.717) is 5.75 Å². The van der Waals surface area contributed by atoms with E-state index in [4.69, 9.17) is 13.9 Å². The summed E-state index contributed by atoms with van der Waals surface area (Å²) in [4.78, 5) is 0. The maximum absolute atomic E-state index is 5.90. The highest BCUT2D eigenvalue weighted by atomic mass is 16.5. The molecule has 19 heavy (non-hydrogen) atoms. The zero-order valence-corrected chi connectivity index (χ0v) is 10.8. The fourth-order valence-electron chi connectivity index (χ4n) is 2.11. The average molecular weight is 254 g/mol. The van der Waals surface area contributed by atoms with Crippen molar-refractivity contribution in [1.29, 1.82) is 0 Å². The fourth-order valence-corrected chi connectivity index (χ4v) is 2.11. The fraction of sp³-hybridized carbons (Fsp3) is 0.125. The second-order valence-electron chi connectivity index (χ2n) is 4.22. The number of hydrogen-bond donors (Lipinski definition) is 0. The molecule has 0 unspecified atom stereocenters. The molecule has 0 radical (unpaired) electrons. The Morgan fingerprint density at radius 1 is 0.895 bits per heavy atom. The molecule has 3 heteroatoms. The predicted molar refractivity (Wildman–Crippen MR) is 74.8 cm³/mol. The van der Waals surface area contributed by atoms with Gasteiger partial charge in [-0.05, 0) is 12.1 Å². The van der Waals surface area contributed by atoms with Crippen molar-refractivity contribution in [1.82, 2.24) is 0 Å². The smallest absolute Gasteiger partial charge is 0.176 e. The van der Waals surface area contributed by atoms with Crippen molar-refractivity contribution < 1.29 is 13.9 Å². The summed E-state index contributed by atoms with van der Waals surface area (Å²) in [6.45, 7) is 0. The molecule has 0 aliphatic heterocycles. The minimum atomic E-state index is 0.677. The van der Waals surface area contributed by atoms with Crippen LogP contribution in [-0.4, -0.2) is 14.2 Å². The summed E-state index contributed by atoms with van der Waals surface area (Å²) in [6.07, 6.45) is 0. The maximum atomic E-state index is 5.90. The quantitative estimate of drug-likeness (QED) is 0.704. The lowest BCUT2D eigenvalue weighted by molar-refractivity contribution is 0.393. The molecule has 3 rings (SSSR count). The highest BCUT2D eigenvalue weighted by molar-refractivity contribution is 5.88. The number of benzene rings is 2. The predicted octanol–water partition coefficient (Wildman–Crippen LogP) is 4.12. The first-order chi connectivity index (χ1) is 9.31. The first-order valence-electron chi connectivity index (χ1n) is 6.03. The Hall–Kier alpha value is -2.42. The van der Waals surface area contributed by atoms with Crippen molar-refractivity contribution in [2.24, 2.45) is 0 Å². The monoisotopic (exact) mass is 254 g/mol. The summed E-state index contributed by atoms with van der Waals surface area (Å²) < 4.78 is 16.5. The Bertz CT molecular complexity index is 699. The van der Waals surface area contributed by atoms with E-state index in [9.17, 15) is 0 Å². The molecule has 0 N–H and O–H groups in total. The summed E-state index contributed by atoms with van der Waals surface area (Å²) in [7, 11) is 3.26. The molecule has 1 heterocycles. The van der Waals surface area contributed by atoms with Gasteiger partial charge in [-0.25, -0.2) is 0 Å². The lowest BCUT2D eigenvalue weighted by Crippen LogP contribution is -1.86. The maximum Gasteiger partial charge on any atom is 0.176 e. The van der Waals surface area contributed by atoms with E-state index in [1.165, 1.54) is 0 Å². The molecule has 3 nitrogen and oxygen atoms in total. The second kappa shape index (κ2) is 4.69. The molecule has 96 valence electrons. The summed E-state index contributed by atoms with van der Waals surface area (Å²) in [5, 5.41) is 0.968. The van der Waals surface area contributed by atoms with Crippen LogP contribution in [0.3, 0.4) is 0 Å². The molecule has 3 aromatic rings. The molecule has 0 bridgehead atoms. The number of rotatable bonds is 3. The summed E-state index contributed by atoms with van der Waals surface area (Å²) in [5.74, 6) is 2.25. The molecule has 1 aromatic heterocycles. The Kier molecular flexibility index (Phi) is 2.88. The van der Waals surface area contributed by atoms with Crippen LogP contribution in [0.2, 0.25) is 0 Å². The lowest BCUT2D eigenvalue weighted by atomic mass is 10.1. The average Bonchev–Trinajstić information content (AvgIpc) is 2.91. The van der Waals surface area contributed by atoms with Crippen molar-refractivity contribution in [3.8, 4) is 22.8 Å². The lowest BCUT2D eigenvalue weighted by Gasteiger charge is -2.04. The number of hydrogen-bond acceptors (Lipinski definition) is 3. The molecule has 0 saturated heterocycles. The highest BCUT2D eigenvalue weighted by Gasteiger charge is 2.12. The van der Waals surface area contributed by atoms with Crippen LogP contribution < -0.4 is 9.47 Å². The molecular formula is C16H14O3. The van der Waals surface area contributed by atoms with Gasteiger partial charge in [-0.2, -0.15) is 0 Å². The van der Waals surface area contributed by atoms with Gasteiger partial charge in [0.2, 0.25) is 0 Å². The number of furan rings is 1. The molecule has 0 saturated carbocycles. The number of methoxy groups -OCH3 is 2. The van der Waals surface area contributed by atoms with Gasteiger partial charge >= 0.3 is 0 Å². The van der Waals surface area contributed by atoms with Crippen LogP contribution in [0.5, 0.6) is 11.5 Å². The molecule has 0 amide bonds. The first kappa shape index (κ1) is 11.7. The molecule has 0 aliphatic rings. The third-order valence-corrected chi connectivity index (χ3v) is 3.07. The van der Waals surface area contributed by atoms with Crippen LogP contribution in [-0.2, 0) is 0 Å². The van der Waals surface area contributed by atoms with E-state index in [2.05, 4.69) is 0 Å². The van der Waals surface area contributed by atoms with Gasteiger partial charge < -0.3 is 13.9 Å². The van der Waals surface area contributed by atoms with Gasteiger partial charge in [0.25, 0.3) is 0 Å². The minimum absolute atomic E-state index is 0.677. The van der Waals surface area contributed by atoms with Crippen molar-refractivity contribution in [2.75, 3.05) is 14.2 Å². The van der Waals surface area contributed by atoms with Crippen LogP contribution in [0.1, 0.15) is 0 Å². The normalized spacial score (nSPS) is 10.6. The largest absolute Gasteiger partial charge is 0.497 e. The third kappa shape index (κ3) is 2.03. The molecule has 0 spiro atoms. The molecule has 0 atom stereocenters. The second-order valence-corrected chi connectivity index (χ2v) is 4.22. The van der Waals surface area contributed by atoms with Gasteiger partial charge in [-0.15, -0.1) is 0 Å². The van der Waals surface area contributed by atoms with Gasteiger partial charge in [-0.3, -0.25) is 0 Å². The van der Waals surface area contributed by atoms with Crippen LogP contribution in [0.25, 0.3) is 22.3 Å². The van der Waals surface area contributed by atoms with E-state index in [1.807, 2.05) is 48.5 Å². The summed E-state index contributed by atoms with van der Waals surface area (Å²) in [5.41, 5.74) is 1.78. The minimum Gasteiger partial charge on any atom is -0.497 e. The topological polar surface area (TPSA) is 31.6 Å². The van der Waals surface area contributed by atoms with Gasteiger partial charge in [0.05, 0.1) is 14.2 Å². The van der Waals surface area contributed by atoms with Crippen LogP contribution in [0, 0.1) is 0 Å². The summed E-state index contributed by atoms with van der Waals surface area (Å²) in [6, 6.07) is 15.7. The number of ether oxygens (including phenoxy) is 2. The standard InChI is InChI=1S/C16H14O3/c1-17-13-8-12-9-14(11-6-4-3-5-7-11)19-16(12)15(10-13)18-2/h3-10H,1-2H3. The Balaban J connectivity index is 2.20. The number of fused-ring (bicyclic) bond motifs is 1. The van der Waals surface area contributed by atoms with Gasteiger partial charge in [0.1, 0.15) is 11.5 Å². The van der Waals surface area contributed by atoms with Crippen LogP contribution in [0.15, 0.2) is 52.9 Å². The molecule has 0 fully saturated rings. The molecular weight excluding hydrogens is 240 g/mol. The van der Waals surface area contributed by atoms with Crippen molar-refractivity contribution in [3.63, 3.8) is 0 Å². The molecule has 0 aliphatic carbocycles. The van der Waals surface area contributed by atoms with Crippen molar-refractivity contribution >= 4 is 11.0 Å². The van der Waals surface area contributed by atoms with Gasteiger partial charge in [0.15, 0.2) is 11.3 Å². The Morgan fingerprint density at radius 3 is 2.37 bits per heavy atom. The van der Waals surface area contributed by atoms with Crippen LogP contribution in [0.4, 0.5) is 0 Å². The SMILES string of the molecule is COc1cc(OC)c2oc(-c3ccccc3)cc2c1. The van der Waals surface area contributed by atoms with Gasteiger partial charge in [0, 0.05) is 17.0 Å². The zero-order valence-electron chi connectivity index (χ0n) is 10.8. The van der Waals surface area contributed by atoms with Crippen LogP contribution >= 0.6 is 0 Å². The first-order valence-corrected chi connectivity index (χ1v) is 6.03. The van der Waals surface area contributed by atoms with E-state index in [0.717, 1.165) is 28.0 Å². The zero-order chi connectivity index (χ0) is 13.2. The Labute approximate surface area is 111 Å². The van der Waals surface area contributed by atoms with Gasteiger partial charge in [-0.1, -0.05) is 30.3 Å². The molecule has 2 aromatic carbocycles. The summed E-state index contributed by atoms with van der Waals surface area (Å²) >= 11 is 0. The Morgan fingerprint density at radius 2 is 1.68 bits per heavy atom. The van der Waals surface area contributed by atoms with E-state index >= 15 is 0 Å². The van der Waals surface area contributed by atoms with E-state index in [-0.39, 0.29) is 0 Å². The van der Waals surface area contributed by atoms with Crippen molar-refractivity contribution in [2.45, 2.75) is 0 Å². The van der Waals surface area contributed by atoms with Crippen molar-refractivity contribution in [3.05, 3.63) is 48.5 Å². The highest BCUT2D eigenvalue weighted by Crippen LogP contribution is 2.36. The van der Waals surface area contributed by atoms with E-state index < -0.39 is 0 Å².